The van der Waals surface area contributed by atoms with Gasteiger partial charge < -0.3 is 18.9 Å². The quantitative estimate of drug-likeness (QED) is 0.555. The van der Waals surface area contributed by atoms with Crippen molar-refractivity contribution >= 4 is 27.8 Å². The van der Waals surface area contributed by atoms with Crippen LogP contribution in [0.5, 0.6) is 0 Å². The first-order chi connectivity index (χ1) is 10.2. The molecular formula is C11H20BrN5O4. The van der Waals surface area contributed by atoms with Gasteiger partial charge in [0, 0.05) is 28.4 Å². The lowest BCUT2D eigenvalue weighted by atomic mass is 10.7. The molecule has 1 aromatic heterocycles. The molecule has 0 aromatic carbocycles. The summed E-state index contributed by atoms with van der Waals surface area (Å²) in [6, 6.07) is 0. The van der Waals surface area contributed by atoms with Crippen LogP contribution in [0.2, 0.25) is 0 Å². The molecule has 0 atom stereocenters. The molecule has 10 heteroatoms. The largest absolute Gasteiger partial charge is 0.364 e. The molecule has 0 aliphatic heterocycles. The van der Waals surface area contributed by atoms with Gasteiger partial charge in [0.15, 0.2) is 0 Å². The van der Waals surface area contributed by atoms with Crippen LogP contribution in [0.1, 0.15) is 0 Å². The predicted octanol–water partition coefficient (Wildman–Crippen LogP) is 0.662. The van der Waals surface area contributed by atoms with E-state index in [9.17, 15) is 0 Å². The smallest absolute Gasteiger partial charge is 0.234 e. The van der Waals surface area contributed by atoms with E-state index < -0.39 is 0 Å². The molecule has 21 heavy (non-hydrogen) atoms. The van der Waals surface area contributed by atoms with Crippen molar-refractivity contribution in [3.05, 3.63) is 4.73 Å². The number of anilines is 2. The summed E-state index contributed by atoms with van der Waals surface area (Å²) in [6.45, 7) is 1.16. The second-order valence-corrected chi connectivity index (χ2v) is 4.66. The molecular weight excluding hydrogens is 346 g/mol. The maximum absolute atomic E-state index is 5.11. The second kappa shape index (κ2) is 9.79. The highest BCUT2D eigenvalue weighted by molar-refractivity contribution is 9.10. The Bertz CT molecular complexity index is 379. The lowest BCUT2D eigenvalue weighted by Crippen LogP contribution is -2.33. The van der Waals surface area contributed by atoms with Crippen LogP contribution in [0.3, 0.4) is 0 Å². The van der Waals surface area contributed by atoms with Crippen LogP contribution in [-0.4, -0.2) is 70.3 Å². The highest BCUT2D eigenvalue weighted by atomic mass is 79.9. The summed E-state index contributed by atoms with van der Waals surface area (Å²) in [5, 5.41) is 0. The van der Waals surface area contributed by atoms with E-state index in [1.807, 2.05) is 0 Å². The van der Waals surface area contributed by atoms with E-state index in [1.165, 1.54) is 0 Å². The summed E-state index contributed by atoms with van der Waals surface area (Å²) in [4.78, 5) is 16.3. The molecule has 0 aliphatic rings. The molecule has 1 heterocycles. The maximum Gasteiger partial charge on any atom is 0.234 e. The monoisotopic (exact) mass is 365 g/mol. The minimum Gasteiger partial charge on any atom is -0.364 e. The van der Waals surface area contributed by atoms with Gasteiger partial charge in [-0.1, -0.05) is 0 Å². The van der Waals surface area contributed by atoms with E-state index >= 15 is 0 Å². The molecule has 0 unspecified atom stereocenters. The third-order valence-electron chi connectivity index (χ3n) is 2.29. The van der Waals surface area contributed by atoms with Crippen molar-refractivity contribution in [1.82, 2.24) is 15.0 Å². The summed E-state index contributed by atoms with van der Waals surface area (Å²) in [6.07, 6.45) is 0. The first-order valence-corrected chi connectivity index (χ1v) is 6.82. The van der Waals surface area contributed by atoms with Crippen molar-refractivity contribution < 1.29 is 18.9 Å². The number of hydrogen-bond donors (Lipinski definition) is 0. The molecule has 0 amide bonds. The average Bonchev–Trinajstić information content (AvgIpc) is 2.46. The number of hydrogen-bond acceptors (Lipinski definition) is 9. The van der Waals surface area contributed by atoms with Gasteiger partial charge in [0.1, 0.15) is 26.9 Å². The van der Waals surface area contributed by atoms with Crippen LogP contribution in [-0.2, 0) is 18.9 Å². The SMILES string of the molecule is COCN(COC)c1nc(Br)nc(N(COC)COC)n1. The Hall–Kier alpha value is -1.07. The molecule has 1 aromatic rings. The van der Waals surface area contributed by atoms with Gasteiger partial charge in [-0.05, 0) is 15.9 Å². The minimum atomic E-state index is 0.290. The molecule has 9 nitrogen and oxygen atoms in total. The molecule has 0 N–H and O–H groups in total. The number of rotatable bonds is 10. The molecule has 0 saturated carbocycles. The molecule has 0 saturated heterocycles. The van der Waals surface area contributed by atoms with Crippen molar-refractivity contribution in [2.75, 3.05) is 65.2 Å². The van der Waals surface area contributed by atoms with E-state index in [0.717, 1.165) is 0 Å². The Kier molecular flexibility index (Phi) is 8.38. The number of halogens is 1. The topological polar surface area (TPSA) is 82.1 Å². The highest BCUT2D eigenvalue weighted by Crippen LogP contribution is 2.17. The Morgan fingerprint density at radius 2 is 1.05 bits per heavy atom. The number of ether oxygens (including phenoxy) is 4. The van der Waals surface area contributed by atoms with Gasteiger partial charge in [-0.2, -0.15) is 15.0 Å². The third-order valence-corrected chi connectivity index (χ3v) is 2.64. The average molecular weight is 366 g/mol. The van der Waals surface area contributed by atoms with Crippen molar-refractivity contribution in [1.29, 1.82) is 0 Å². The van der Waals surface area contributed by atoms with Gasteiger partial charge in [-0.3, -0.25) is 9.80 Å². The van der Waals surface area contributed by atoms with Crippen molar-refractivity contribution in [3.8, 4) is 0 Å². The number of methoxy groups -OCH3 is 4. The molecule has 0 aliphatic carbocycles. The normalized spacial score (nSPS) is 10.7. The van der Waals surface area contributed by atoms with Gasteiger partial charge >= 0.3 is 0 Å². The van der Waals surface area contributed by atoms with Crippen LogP contribution in [0.15, 0.2) is 4.73 Å². The van der Waals surface area contributed by atoms with Crippen LogP contribution >= 0.6 is 15.9 Å². The van der Waals surface area contributed by atoms with E-state index in [1.54, 1.807) is 38.2 Å². The molecule has 0 fully saturated rings. The van der Waals surface area contributed by atoms with Crippen LogP contribution in [0, 0.1) is 0 Å². The van der Waals surface area contributed by atoms with Gasteiger partial charge in [-0.15, -0.1) is 0 Å². The van der Waals surface area contributed by atoms with Crippen molar-refractivity contribution in [3.63, 3.8) is 0 Å². The second-order valence-electron chi connectivity index (χ2n) is 3.96. The molecule has 1 rings (SSSR count). The summed E-state index contributed by atoms with van der Waals surface area (Å²) in [5.41, 5.74) is 0. The summed E-state index contributed by atoms with van der Waals surface area (Å²) in [5.74, 6) is 0.848. The van der Waals surface area contributed by atoms with Crippen LogP contribution < -0.4 is 9.80 Å². The maximum atomic E-state index is 5.11. The first-order valence-electron chi connectivity index (χ1n) is 6.03. The van der Waals surface area contributed by atoms with E-state index in [2.05, 4.69) is 30.9 Å². The summed E-state index contributed by atoms with van der Waals surface area (Å²) >= 11 is 3.28. The zero-order chi connectivity index (χ0) is 15.7. The lowest BCUT2D eigenvalue weighted by Gasteiger charge is -2.24. The Morgan fingerprint density at radius 3 is 1.33 bits per heavy atom. The van der Waals surface area contributed by atoms with E-state index in [4.69, 9.17) is 18.9 Å². The van der Waals surface area contributed by atoms with Gasteiger partial charge in [0.05, 0.1) is 0 Å². The van der Waals surface area contributed by atoms with Crippen LogP contribution in [0.4, 0.5) is 11.9 Å². The standard InChI is InChI=1S/C11H20BrN5O4/c1-18-5-16(6-19-2)10-13-9(12)14-11(15-10)17(7-20-3)8-21-4/h5-8H2,1-4H3. The molecule has 0 bridgehead atoms. The fraction of sp³-hybridized carbons (Fsp3) is 0.727. The third kappa shape index (κ3) is 5.67. The van der Waals surface area contributed by atoms with Gasteiger partial charge in [-0.25, -0.2) is 0 Å². The lowest BCUT2D eigenvalue weighted by molar-refractivity contribution is 0.136. The minimum absolute atomic E-state index is 0.290. The Balaban J connectivity index is 3.05. The van der Waals surface area contributed by atoms with Gasteiger partial charge in [0.2, 0.25) is 16.6 Å². The number of aromatic nitrogens is 3. The molecule has 0 spiro atoms. The summed E-state index contributed by atoms with van der Waals surface area (Å²) < 4.78 is 20.9. The Morgan fingerprint density at radius 1 is 0.714 bits per heavy atom. The fourth-order valence-electron chi connectivity index (χ4n) is 1.54. The molecule has 0 radical (unpaired) electrons. The summed E-state index contributed by atoms with van der Waals surface area (Å²) in [7, 11) is 6.34. The van der Waals surface area contributed by atoms with E-state index in [-0.39, 0.29) is 26.9 Å². The molecule has 120 valence electrons. The first kappa shape index (κ1) is 18.0. The fourth-order valence-corrected chi connectivity index (χ4v) is 1.86. The van der Waals surface area contributed by atoms with Crippen LogP contribution in [0.25, 0.3) is 0 Å². The van der Waals surface area contributed by atoms with E-state index in [0.29, 0.717) is 16.6 Å². The highest BCUT2D eigenvalue weighted by Gasteiger charge is 2.16. The van der Waals surface area contributed by atoms with Gasteiger partial charge in [0.25, 0.3) is 0 Å². The predicted molar refractivity (Wildman–Crippen MR) is 80.0 cm³/mol. The zero-order valence-corrected chi connectivity index (χ0v) is 14.2. The Labute approximate surface area is 132 Å². The van der Waals surface area contributed by atoms with Crippen molar-refractivity contribution in [2.24, 2.45) is 0 Å². The van der Waals surface area contributed by atoms with Crippen molar-refractivity contribution in [2.45, 2.75) is 0 Å². The number of nitrogens with zero attached hydrogens (tertiary/aromatic N) is 5. The zero-order valence-electron chi connectivity index (χ0n) is 12.6.